The van der Waals surface area contributed by atoms with Gasteiger partial charge in [-0.05, 0) is 33.8 Å². The predicted octanol–water partition coefficient (Wildman–Crippen LogP) is 4.25. The average Bonchev–Trinajstić information content (AvgIpc) is 3.46. The number of aromatic nitrogens is 2. The van der Waals surface area contributed by atoms with Crippen LogP contribution in [-0.4, -0.2) is 52.1 Å². The fourth-order valence-electron chi connectivity index (χ4n) is 3.93. The minimum Gasteiger partial charge on any atom is -0.335 e. The summed E-state index contributed by atoms with van der Waals surface area (Å²) in [6.07, 6.45) is 0. The van der Waals surface area contributed by atoms with Crippen LogP contribution in [0.1, 0.15) is 16.1 Å². The number of carbonyl (C=O) groups excluding carboxylic acids is 1. The number of benzene rings is 2. The number of hydrogen-bond acceptors (Lipinski definition) is 4. The van der Waals surface area contributed by atoms with Gasteiger partial charge in [0.15, 0.2) is 5.69 Å². The van der Waals surface area contributed by atoms with E-state index in [1.54, 1.807) is 11.3 Å². The Hall–Kier alpha value is -2.96. The van der Waals surface area contributed by atoms with E-state index >= 15 is 0 Å². The van der Waals surface area contributed by atoms with Crippen molar-refractivity contribution in [1.82, 2.24) is 20.0 Å². The number of amides is 1. The van der Waals surface area contributed by atoms with Crippen LogP contribution in [-0.2, 0) is 6.54 Å². The van der Waals surface area contributed by atoms with Gasteiger partial charge in [-0.1, -0.05) is 48.5 Å². The number of fused-ring (bicyclic) bond motifs is 1. The highest BCUT2D eigenvalue weighted by molar-refractivity contribution is 7.13. The number of aromatic amines is 1. The standard InChI is InChI=1S/C23H22N4OS/c28-23(21-15-20(24-25-21)22-9-4-14-29-22)27-12-10-26(11-13-27)16-18-7-3-6-17-5-1-2-8-19(17)18/h1-9,14-15H,10-13,16H2,(H,24,25). The Morgan fingerprint density at radius 3 is 2.66 bits per heavy atom. The van der Waals surface area contributed by atoms with E-state index in [-0.39, 0.29) is 5.91 Å². The van der Waals surface area contributed by atoms with Crippen LogP contribution in [0.3, 0.4) is 0 Å². The molecule has 1 amide bonds. The van der Waals surface area contributed by atoms with Crippen LogP contribution in [0.2, 0.25) is 0 Å². The molecule has 0 aliphatic carbocycles. The summed E-state index contributed by atoms with van der Waals surface area (Å²) in [5.41, 5.74) is 2.74. The van der Waals surface area contributed by atoms with Gasteiger partial charge in [0.1, 0.15) is 0 Å². The van der Waals surface area contributed by atoms with Crippen LogP contribution in [0.25, 0.3) is 21.3 Å². The Kier molecular flexibility index (Phi) is 4.87. The lowest BCUT2D eigenvalue weighted by molar-refractivity contribution is 0.0623. The summed E-state index contributed by atoms with van der Waals surface area (Å²) in [7, 11) is 0. The molecule has 146 valence electrons. The number of H-pyrrole nitrogens is 1. The van der Waals surface area contributed by atoms with Crippen molar-refractivity contribution in [2.75, 3.05) is 26.2 Å². The molecule has 2 aromatic heterocycles. The van der Waals surface area contributed by atoms with E-state index in [9.17, 15) is 4.79 Å². The SMILES string of the molecule is O=C(c1cc(-c2cccs2)[nH]n1)N1CCN(Cc2cccc3ccccc23)CC1. The smallest absolute Gasteiger partial charge is 0.274 e. The molecule has 0 unspecified atom stereocenters. The van der Waals surface area contributed by atoms with Gasteiger partial charge in [-0.15, -0.1) is 11.3 Å². The summed E-state index contributed by atoms with van der Waals surface area (Å²) >= 11 is 1.64. The van der Waals surface area contributed by atoms with Gasteiger partial charge < -0.3 is 4.90 Å². The minimum absolute atomic E-state index is 0.00821. The van der Waals surface area contributed by atoms with Crippen molar-refractivity contribution >= 4 is 28.0 Å². The Balaban J connectivity index is 1.23. The predicted molar refractivity (Wildman–Crippen MR) is 117 cm³/mol. The lowest BCUT2D eigenvalue weighted by Gasteiger charge is -2.34. The van der Waals surface area contributed by atoms with Gasteiger partial charge in [-0.2, -0.15) is 5.10 Å². The number of nitrogens with zero attached hydrogens (tertiary/aromatic N) is 3. The number of nitrogens with one attached hydrogen (secondary N) is 1. The monoisotopic (exact) mass is 402 g/mol. The molecule has 29 heavy (non-hydrogen) atoms. The molecule has 0 radical (unpaired) electrons. The van der Waals surface area contributed by atoms with Crippen LogP contribution in [0.15, 0.2) is 66.0 Å². The van der Waals surface area contributed by atoms with Gasteiger partial charge in [0.05, 0.1) is 10.6 Å². The number of rotatable bonds is 4. The fourth-order valence-corrected chi connectivity index (χ4v) is 4.62. The lowest BCUT2D eigenvalue weighted by atomic mass is 10.0. The maximum Gasteiger partial charge on any atom is 0.274 e. The summed E-state index contributed by atoms with van der Waals surface area (Å²) in [4.78, 5) is 18.3. The molecule has 0 saturated carbocycles. The molecule has 4 aromatic rings. The van der Waals surface area contributed by atoms with Crippen molar-refractivity contribution in [3.8, 4) is 10.6 Å². The van der Waals surface area contributed by atoms with Crippen LogP contribution in [0.5, 0.6) is 0 Å². The fraction of sp³-hybridized carbons (Fsp3) is 0.217. The molecule has 1 fully saturated rings. The Labute approximate surface area is 173 Å². The van der Waals surface area contributed by atoms with Crippen LogP contribution in [0.4, 0.5) is 0 Å². The zero-order valence-corrected chi connectivity index (χ0v) is 16.9. The average molecular weight is 403 g/mol. The highest BCUT2D eigenvalue weighted by Gasteiger charge is 2.24. The van der Waals surface area contributed by atoms with Gasteiger partial charge in [-0.3, -0.25) is 14.8 Å². The molecule has 1 N–H and O–H groups in total. The van der Waals surface area contributed by atoms with Crippen molar-refractivity contribution in [2.24, 2.45) is 0 Å². The van der Waals surface area contributed by atoms with Crippen molar-refractivity contribution in [1.29, 1.82) is 0 Å². The van der Waals surface area contributed by atoms with Gasteiger partial charge in [-0.25, -0.2) is 0 Å². The molecular weight excluding hydrogens is 380 g/mol. The highest BCUT2D eigenvalue weighted by atomic mass is 32.1. The largest absolute Gasteiger partial charge is 0.335 e. The second-order valence-electron chi connectivity index (χ2n) is 7.35. The van der Waals surface area contributed by atoms with E-state index in [2.05, 4.69) is 57.6 Å². The quantitative estimate of drug-likeness (QED) is 0.555. The zero-order chi connectivity index (χ0) is 19.6. The molecule has 1 aliphatic rings. The van der Waals surface area contributed by atoms with Gasteiger partial charge >= 0.3 is 0 Å². The molecule has 5 nitrogen and oxygen atoms in total. The Bertz CT molecular complexity index is 1120. The molecule has 1 saturated heterocycles. The first-order valence-corrected chi connectivity index (χ1v) is 10.7. The van der Waals surface area contributed by atoms with Crippen molar-refractivity contribution < 1.29 is 4.79 Å². The maximum atomic E-state index is 12.9. The van der Waals surface area contributed by atoms with Crippen LogP contribution < -0.4 is 0 Å². The normalized spacial score (nSPS) is 15.1. The first-order chi connectivity index (χ1) is 14.3. The first kappa shape index (κ1) is 18.1. The molecule has 3 heterocycles. The topological polar surface area (TPSA) is 52.2 Å². The van der Waals surface area contributed by atoms with E-state index in [1.165, 1.54) is 16.3 Å². The van der Waals surface area contributed by atoms with E-state index in [1.807, 2.05) is 28.5 Å². The number of thiophene rings is 1. The third-order valence-electron chi connectivity index (χ3n) is 5.52. The number of piperazine rings is 1. The molecule has 0 atom stereocenters. The maximum absolute atomic E-state index is 12.9. The van der Waals surface area contributed by atoms with Crippen molar-refractivity contribution in [2.45, 2.75) is 6.54 Å². The molecule has 2 aromatic carbocycles. The third-order valence-corrected chi connectivity index (χ3v) is 6.42. The molecule has 1 aliphatic heterocycles. The summed E-state index contributed by atoms with van der Waals surface area (Å²) < 4.78 is 0. The molecule has 0 spiro atoms. The van der Waals surface area contributed by atoms with Gasteiger partial charge in [0.2, 0.25) is 0 Å². The summed E-state index contributed by atoms with van der Waals surface area (Å²) in [6.45, 7) is 4.11. The van der Waals surface area contributed by atoms with E-state index < -0.39 is 0 Å². The Morgan fingerprint density at radius 2 is 1.83 bits per heavy atom. The second-order valence-corrected chi connectivity index (χ2v) is 8.30. The van der Waals surface area contributed by atoms with E-state index in [0.717, 1.165) is 43.3 Å². The van der Waals surface area contributed by atoms with Crippen LogP contribution in [0, 0.1) is 0 Å². The number of hydrogen-bond donors (Lipinski definition) is 1. The lowest BCUT2D eigenvalue weighted by Crippen LogP contribution is -2.48. The molecule has 5 rings (SSSR count). The second kappa shape index (κ2) is 7.81. The Morgan fingerprint density at radius 1 is 1.00 bits per heavy atom. The van der Waals surface area contributed by atoms with E-state index in [0.29, 0.717) is 5.69 Å². The van der Waals surface area contributed by atoms with Crippen LogP contribution >= 0.6 is 11.3 Å². The molecule has 6 heteroatoms. The minimum atomic E-state index is 0.00821. The summed E-state index contributed by atoms with van der Waals surface area (Å²) in [6, 6.07) is 20.9. The summed E-state index contributed by atoms with van der Waals surface area (Å²) in [5, 5.41) is 11.8. The van der Waals surface area contributed by atoms with Gasteiger partial charge in [0, 0.05) is 32.7 Å². The summed E-state index contributed by atoms with van der Waals surface area (Å²) in [5.74, 6) is 0.00821. The molecular formula is C23H22N4OS. The third kappa shape index (κ3) is 3.69. The van der Waals surface area contributed by atoms with E-state index in [4.69, 9.17) is 0 Å². The van der Waals surface area contributed by atoms with Gasteiger partial charge in [0.25, 0.3) is 5.91 Å². The van der Waals surface area contributed by atoms with Crippen molar-refractivity contribution in [3.63, 3.8) is 0 Å². The first-order valence-electron chi connectivity index (χ1n) is 9.85. The van der Waals surface area contributed by atoms with Crippen molar-refractivity contribution in [3.05, 3.63) is 77.3 Å². The number of carbonyl (C=O) groups is 1. The molecule has 0 bridgehead atoms. The zero-order valence-electron chi connectivity index (χ0n) is 16.0. The highest BCUT2D eigenvalue weighted by Crippen LogP contribution is 2.24.